The van der Waals surface area contributed by atoms with E-state index in [-0.39, 0.29) is 5.91 Å². The maximum atomic E-state index is 12.3. The van der Waals surface area contributed by atoms with Crippen molar-refractivity contribution in [2.75, 3.05) is 12.0 Å². The predicted octanol–water partition coefficient (Wildman–Crippen LogP) is 2.49. The SMILES string of the molecule is CCCc1cc(C(=O)NCC2CCC(C)C2)cc(NN)n1. The Balaban J connectivity index is 1.98. The van der Waals surface area contributed by atoms with Gasteiger partial charge < -0.3 is 10.7 Å². The van der Waals surface area contributed by atoms with E-state index in [9.17, 15) is 4.79 Å². The molecule has 5 nitrogen and oxygen atoms in total. The lowest BCUT2D eigenvalue weighted by Gasteiger charge is -2.12. The highest BCUT2D eigenvalue weighted by molar-refractivity contribution is 5.95. The number of nitrogens with zero attached hydrogens (tertiary/aromatic N) is 1. The lowest BCUT2D eigenvalue weighted by molar-refractivity contribution is 0.0947. The Morgan fingerprint density at radius 3 is 2.86 bits per heavy atom. The average molecular weight is 290 g/mol. The summed E-state index contributed by atoms with van der Waals surface area (Å²) in [5.74, 6) is 7.34. The lowest BCUT2D eigenvalue weighted by atomic mass is 10.1. The minimum Gasteiger partial charge on any atom is -0.352 e. The summed E-state index contributed by atoms with van der Waals surface area (Å²) in [5.41, 5.74) is 4.06. The van der Waals surface area contributed by atoms with Gasteiger partial charge in [0.05, 0.1) is 0 Å². The number of hydrogen-bond acceptors (Lipinski definition) is 4. The van der Waals surface area contributed by atoms with Gasteiger partial charge in [-0.3, -0.25) is 4.79 Å². The number of nitrogens with two attached hydrogens (primary N) is 1. The van der Waals surface area contributed by atoms with Crippen molar-refractivity contribution in [1.29, 1.82) is 0 Å². The molecule has 1 heterocycles. The maximum Gasteiger partial charge on any atom is 0.251 e. The zero-order chi connectivity index (χ0) is 15.2. The number of hydrogen-bond donors (Lipinski definition) is 3. The zero-order valence-corrected chi connectivity index (χ0v) is 13.0. The van der Waals surface area contributed by atoms with E-state index >= 15 is 0 Å². The first-order valence-corrected chi connectivity index (χ1v) is 7.88. The van der Waals surface area contributed by atoms with E-state index in [1.54, 1.807) is 6.07 Å². The van der Waals surface area contributed by atoms with Gasteiger partial charge in [-0.15, -0.1) is 0 Å². The minimum absolute atomic E-state index is 0.0363. The Bertz CT molecular complexity index is 489. The first-order valence-electron chi connectivity index (χ1n) is 7.88. The fourth-order valence-corrected chi connectivity index (χ4v) is 3.03. The number of nitrogen functional groups attached to an aromatic ring is 1. The standard InChI is InChI=1S/C16H26N4O/c1-3-4-14-8-13(9-15(19-14)20-17)16(21)18-10-12-6-5-11(2)7-12/h8-9,11-12H,3-7,10,17H2,1-2H3,(H,18,21)(H,19,20). The average Bonchev–Trinajstić information content (AvgIpc) is 2.90. The van der Waals surface area contributed by atoms with E-state index in [0.29, 0.717) is 17.3 Å². The number of aromatic nitrogens is 1. The third-order valence-corrected chi connectivity index (χ3v) is 4.15. The van der Waals surface area contributed by atoms with E-state index in [4.69, 9.17) is 5.84 Å². The highest BCUT2D eigenvalue weighted by atomic mass is 16.1. The molecule has 2 atom stereocenters. The smallest absolute Gasteiger partial charge is 0.251 e. The van der Waals surface area contributed by atoms with Gasteiger partial charge in [0, 0.05) is 17.8 Å². The van der Waals surface area contributed by atoms with Crippen molar-refractivity contribution in [1.82, 2.24) is 10.3 Å². The molecule has 0 aromatic carbocycles. The number of carbonyl (C=O) groups is 1. The van der Waals surface area contributed by atoms with Crippen LogP contribution in [0.1, 0.15) is 55.6 Å². The monoisotopic (exact) mass is 290 g/mol. The molecule has 1 saturated carbocycles. The molecule has 21 heavy (non-hydrogen) atoms. The van der Waals surface area contributed by atoms with Gasteiger partial charge in [0.15, 0.2) is 0 Å². The summed E-state index contributed by atoms with van der Waals surface area (Å²) < 4.78 is 0. The normalized spacial score (nSPS) is 21.3. The third kappa shape index (κ3) is 4.43. The molecule has 116 valence electrons. The van der Waals surface area contributed by atoms with Gasteiger partial charge in [0.2, 0.25) is 0 Å². The van der Waals surface area contributed by atoms with Gasteiger partial charge in [0.1, 0.15) is 5.82 Å². The quantitative estimate of drug-likeness (QED) is 0.555. The number of nitrogens with one attached hydrogen (secondary N) is 2. The Morgan fingerprint density at radius 1 is 1.43 bits per heavy atom. The molecule has 2 unspecified atom stereocenters. The number of rotatable bonds is 6. The van der Waals surface area contributed by atoms with Crippen molar-refractivity contribution in [2.24, 2.45) is 17.7 Å². The number of pyridine rings is 1. The molecule has 0 aliphatic heterocycles. The zero-order valence-electron chi connectivity index (χ0n) is 13.0. The van der Waals surface area contributed by atoms with Crippen LogP contribution in [0.25, 0.3) is 0 Å². The summed E-state index contributed by atoms with van der Waals surface area (Å²) in [6.07, 6.45) is 5.54. The Morgan fingerprint density at radius 2 is 2.24 bits per heavy atom. The molecular weight excluding hydrogens is 264 g/mol. The summed E-state index contributed by atoms with van der Waals surface area (Å²) in [5, 5.41) is 3.05. The second kappa shape index (κ2) is 7.41. The molecule has 4 N–H and O–H groups in total. The molecule has 0 bridgehead atoms. The van der Waals surface area contributed by atoms with Gasteiger partial charge in [-0.1, -0.05) is 26.7 Å². The molecule has 0 saturated heterocycles. The molecule has 1 aromatic rings. The van der Waals surface area contributed by atoms with Gasteiger partial charge in [0.25, 0.3) is 5.91 Å². The molecule has 1 aromatic heterocycles. The highest BCUT2D eigenvalue weighted by Crippen LogP contribution is 2.29. The fraction of sp³-hybridized carbons (Fsp3) is 0.625. The van der Waals surface area contributed by atoms with Crippen LogP contribution in [0.2, 0.25) is 0 Å². The number of hydrazine groups is 1. The molecule has 2 rings (SSSR count). The first kappa shape index (κ1) is 15.8. The number of amides is 1. The molecule has 1 fully saturated rings. The van der Waals surface area contributed by atoms with Crippen molar-refractivity contribution >= 4 is 11.7 Å². The van der Waals surface area contributed by atoms with Crippen LogP contribution in [0, 0.1) is 11.8 Å². The largest absolute Gasteiger partial charge is 0.352 e. The van der Waals surface area contributed by atoms with Crippen molar-refractivity contribution in [2.45, 2.75) is 46.0 Å². The Kier molecular flexibility index (Phi) is 5.56. The van der Waals surface area contributed by atoms with Crippen LogP contribution in [0.4, 0.5) is 5.82 Å². The van der Waals surface area contributed by atoms with Crippen LogP contribution in [0.15, 0.2) is 12.1 Å². The van der Waals surface area contributed by atoms with Gasteiger partial charge in [-0.25, -0.2) is 10.8 Å². The summed E-state index contributed by atoms with van der Waals surface area (Å²) >= 11 is 0. The van der Waals surface area contributed by atoms with Gasteiger partial charge in [-0.05, 0) is 43.2 Å². The van der Waals surface area contributed by atoms with E-state index in [1.807, 2.05) is 6.07 Å². The fourth-order valence-electron chi connectivity index (χ4n) is 3.03. The van der Waals surface area contributed by atoms with Crippen molar-refractivity contribution in [3.05, 3.63) is 23.4 Å². The Labute approximate surface area is 126 Å². The van der Waals surface area contributed by atoms with Crippen LogP contribution in [-0.2, 0) is 6.42 Å². The van der Waals surface area contributed by atoms with Crippen molar-refractivity contribution in [3.63, 3.8) is 0 Å². The van der Waals surface area contributed by atoms with E-state index < -0.39 is 0 Å². The van der Waals surface area contributed by atoms with E-state index in [0.717, 1.165) is 31.0 Å². The summed E-state index contributed by atoms with van der Waals surface area (Å²) in [4.78, 5) is 16.7. The number of aryl methyl sites for hydroxylation is 1. The second-order valence-electron chi connectivity index (χ2n) is 6.12. The van der Waals surface area contributed by atoms with Crippen LogP contribution >= 0.6 is 0 Å². The van der Waals surface area contributed by atoms with Crippen molar-refractivity contribution < 1.29 is 4.79 Å². The van der Waals surface area contributed by atoms with E-state index in [1.165, 1.54) is 19.3 Å². The number of carbonyl (C=O) groups excluding carboxylic acids is 1. The lowest BCUT2D eigenvalue weighted by Crippen LogP contribution is -2.28. The molecular formula is C16H26N4O. The second-order valence-corrected chi connectivity index (χ2v) is 6.12. The van der Waals surface area contributed by atoms with Crippen LogP contribution in [-0.4, -0.2) is 17.4 Å². The predicted molar refractivity (Wildman–Crippen MR) is 84.9 cm³/mol. The molecule has 0 spiro atoms. The minimum atomic E-state index is -0.0363. The molecule has 0 radical (unpaired) electrons. The Hall–Kier alpha value is -1.62. The van der Waals surface area contributed by atoms with Crippen LogP contribution in [0.3, 0.4) is 0 Å². The van der Waals surface area contributed by atoms with Gasteiger partial charge in [-0.2, -0.15) is 0 Å². The summed E-state index contributed by atoms with van der Waals surface area (Å²) in [6, 6.07) is 3.56. The molecule has 1 aliphatic rings. The van der Waals surface area contributed by atoms with Crippen molar-refractivity contribution in [3.8, 4) is 0 Å². The van der Waals surface area contributed by atoms with Crippen LogP contribution < -0.4 is 16.6 Å². The van der Waals surface area contributed by atoms with Gasteiger partial charge >= 0.3 is 0 Å². The summed E-state index contributed by atoms with van der Waals surface area (Å²) in [6.45, 7) is 5.13. The topological polar surface area (TPSA) is 80.0 Å². The maximum absolute atomic E-state index is 12.3. The third-order valence-electron chi connectivity index (χ3n) is 4.15. The molecule has 1 aliphatic carbocycles. The first-order chi connectivity index (χ1) is 10.1. The molecule has 5 heteroatoms. The molecule has 1 amide bonds. The van der Waals surface area contributed by atoms with E-state index in [2.05, 4.69) is 29.6 Å². The van der Waals surface area contributed by atoms with Crippen LogP contribution in [0.5, 0.6) is 0 Å². The summed E-state index contributed by atoms with van der Waals surface area (Å²) in [7, 11) is 0. The number of anilines is 1. The highest BCUT2D eigenvalue weighted by Gasteiger charge is 2.21.